The Bertz CT molecular complexity index is 1100. The first-order valence-corrected chi connectivity index (χ1v) is 7.50. The fourth-order valence-electron chi connectivity index (χ4n) is 3.15. The van der Waals surface area contributed by atoms with Gasteiger partial charge < -0.3 is 4.42 Å². The number of rotatable bonds is 1. The van der Waals surface area contributed by atoms with E-state index in [4.69, 9.17) is 4.42 Å². The first kappa shape index (κ1) is 13.5. The van der Waals surface area contributed by atoms with E-state index in [1.165, 1.54) is 0 Å². The average Bonchev–Trinajstić information content (AvgIpc) is 2.94. The van der Waals surface area contributed by atoms with Gasteiger partial charge in [-0.25, -0.2) is 4.57 Å². The monoisotopic (exact) mass is 299 g/mol. The summed E-state index contributed by atoms with van der Waals surface area (Å²) in [6, 6.07) is 18.2. The van der Waals surface area contributed by atoms with E-state index in [1.54, 1.807) is 6.07 Å². The Labute approximate surface area is 134 Å². The summed E-state index contributed by atoms with van der Waals surface area (Å²) in [5.41, 5.74) is 5.38. The zero-order valence-corrected chi connectivity index (χ0v) is 13.0. The fourth-order valence-corrected chi connectivity index (χ4v) is 3.15. The van der Waals surface area contributed by atoms with Gasteiger partial charge in [0.25, 0.3) is 0 Å². The maximum absolute atomic E-state index is 9.33. The highest BCUT2D eigenvalue weighted by molar-refractivity contribution is 6.10. The third kappa shape index (κ3) is 1.92. The van der Waals surface area contributed by atoms with Crippen LogP contribution >= 0.6 is 0 Å². The number of nitriles is 1. The maximum atomic E-state index is 9.33. The van der Waals surface area contributed by atoms with Crippen LogP contribution in [0.3, 0.4) is 0 Å². The number of hydrogen-bond acceptors (Lipinski definition) is 2. The summed E-state index contributed by atoms with van der Waals surface area (Å²) >= 11 is 0. The zero-order chi connectivity index (χ0) is 16.0. The molecule has 0 aliphatic carbocycles. The van der Waals surface area contributed by atoms with E-state index < -0.39 is 0 Å². The molecular weight excluding hydrogens is 284 g/mol. The number of nitrogens with zero attached hydrogens (tertiary/aromatic N) is 2. The summed E-state index contributed by atoms with van der Waals surface area (Å²) < 4.78 is 8.24. The number of furan rings is 1. The molecule has 0 bridgehead atoms. The first-order valence-electron chi connectivity index (χ1n) is 7.50. The Morgan fingerprint density at radius 1 is 0.957 bits per heavy atom. The quantitative estimate of drug-likeness (QED) is 0.493. The number of fused-ring (bicyclic) bond motifs is 3. The smallest absolute Gasteiger partial charge is 0.216 e. The van der Waals surface area contributed by atoms with E-state index in [1.807, 2.05) is 37.5 Å². The summed E-state index contributed by atoms with van der Waals surface area (Å²) in [7, 11) is 2.02. The van der Waals surface area contributed by atoms with Crippen LogP contribution in [0.15, 0.2) is 59.1 Å². The molecule has 0 aliphatic heterocycles. The normalized spacial score (nSPS) is 11.0. The van der Waals surface area contributed by atoms with Crippen LogP contribution < -0.4 is 4.57 Å². The molecule has 4 rings (SSSR count). The minimum absolute atomic E-state index is 0.569. The largest absolute Gasteiger partial charge is 0.454 e. The van der Waals surface area contributed by atoms with Crippen molar-refractivity contribution >= 4 is 21.9 Å². The predicted octanol–water partition coefficient (Wildman–Crippen LogP) is 4.26. The third-order valence-electron chi connectivity index (χ3n) is 4.31. The van der Waals surface area contributed by atoms with Crippen molar-refractivity contribution in [2.45, 2.75) is 6.92 Å². The molecule has 0 aliphatic rings. The van der Waals surface area contributed by atoms with Crippen LogP contribution in [0.4, 0.5) is 0 Å². The maximum Gasteiger partial charge on any atom is 0.216 e. The minimum atomic E-state index is 0.569. The number of para-hydroxylation sites is 1. The molecule has 2 aromatic heterocycles. The van der Waals surface area contributed by atoms with Gasteiger partial charge in [-0.1, -0.05) is 24.3 Å². The van der Waals surface area contributed by atoms with E-state index in [2.05, 4.69) is 35.8 Å². The average molecular weight is 299 g/mol. The summed E-state index contributed by atoms with van der Waals surface area (Å²) in [6.45, 7) is 2.08. The standard InChI is InChI=1S/C20H15N2O/c1-13-9-10-16-15-7-5-6-14(12-21)19(15)23-20(16)18(13)17-8-3-4-11-22(17)2/h3-11H,1-2H3/q+1. The van der Waals surface area contributed by atoms with E-state index in [0.29, 0.717) is 11.1 Å². The molecule has 23 heavy (non-hydrogen) atoms. The molecule has 0 atom stereocenters. The van der Waals surface area contributed by atoms with Gasteiger partial charge in [0.1, 0.15) is 18.7 Å². The predicted molar refractivity (Wildman–Crippen MR) is 89.8 cm³/mol. The first-order chi connectivity index (χ1) is 11.2. The van der Waals surface area contributed by atoms with E-state index >= 15 is 0 Å². The molecule has 0 saturated heterocycles. The number of benzene rings is 2. The molecule has 3 nitrogen and oxygen atoms in total. The highest BCUT2D eigenvalue weighted by Crippen LogP contribution is 2.37. The molecular formula is C20H15N2O+. The second-order valence-corrected chi connectivity index (χ2v) is 5.73. The van der Waals surface area contributed by atoms with Gasteiger partial charge in [-0.3, -0.25) is 0 Å². The van der Waals surface area contributed by atoms with E-state index in [0.717, 1.165) is 33.2 Å². The van der Waals surface area contributed by atoms with E-state index in [-0.39, 0.29) is 0 Å². The Morgan fingerprint density at radius 2 is 1.78 bits per heavy atom. The second-order valence-electron chi connectivity index (χ2n) is 5.73. The molecule has 110 valence electrons. The Balaban J connectivity index is 2.19. The lowest BCUT2D eigenvalue weighted by Crippen LogP contribution is -2.30. The van der Waals surface area contributed by atoms with Crippen molar-refractivity contribution in [1.29, 1.82) is 5.26 Å². The lowest BCUT2D eigenvalue weighted by atomic mass is 10.0. The topological polar surface area (TPSA) is 40.8 Å². The Kier molecular flexibility index (Phi) is 2.92. The molecule has 3 heteroatoms. The van der Waals surface area contributed by atoms with Gasteiger partial charge in [0.2, 0.25) is 5.69 Å². The summed E-state index contributed by atoms with van der Waals surface area (Å²) in [5, 5.41) is 11.4. The Morgan fingerprint density at radius 3 is 2.57 bits per heavy atom. The molecule has 0 saturated carbocycles. The molecule has 0 fully saturated rings. The van der Waals surface area contributed by atoms with Gasteiger partial charge in [0.05, 0.1) is 11.1 Å². The van der Waals surface area contributed by atoms with E-state index in [9.17, 15) is 5.26 Å². The van der Waals surface area contributed by atoms with Gasteiger partial charge in [-0.15, -0.1) is 0 Å². The summed E-state index contributed by atoms with van der Waals surface area (Å²) in [6.07, 6.45) is 2.02. The highest BCUT2D eigenvalue weighted by Gasteiger charge is 2.20. The number of aromatic nitrogens is 1. The van der Waals surface area contributed by atoms with Gasteiger partial charge in [0.15, 0.2) is 11.8 Å². The molecule has 0 unspecified atom stereocenters. The van der Waals surface area contributed by atoms with Crippen LogP contribution in [0.1, 0.15) is 11.1 Å². The number of hydrogen-bond donors (Lipinski definition) is 0. The van der Waals surface area contributed by atoms with Crippen molar-refractivity contribution in [3.63, 3.8) is 0 Å². The summed E-state index contributed by atoms with van der Waals surface area (Å²) in [5.74, 6) is 0. The molecule has 0 spiro atoms. The van der Waals surface area contributed by atoms with Crippen LogP contribution in [-0.2, 0) is 7.05 Å². The van der Waals surface area contributed by atoms with Gasteiger partial charge in [-0.2, -0.15) is 5.26 Å². The molecule has 0 N–H and O–H groups in total. The van der Waals surface area contributed by atoms with Crippen molar-refractivity contribution in [2.24, 2.45) is 7.05 Å². The lowest BCUT2D eigenvalue weighted by molar-refractivity contribution is -0.660. The fraction of sp³-hybridized carbons (Fsp3) is 0.100. The van der Waals surface area contributed by atoms with Gasteiger partial charge in [-0.05, 0) is 24.6 Å². The minimum Gasteiger partial charge on any atom is -0.454 e. The van der Waals surface area contributed by atoms with Crippen molar-refractivity contribution in [1.82, 2.24) is 0 Å². The second kappa shape index (κ2) is 4.96. The number of pyridine rings is 1. The van der Waals surface area contributed by atoms with Crippen molar-refractivity contribution < 1.29 is 8.98 Å². The molecule has 2 aromatic carbocycles. The van der Waals surface area contributed by atoms with Crippen LogP contribution in [0, 0.1) is 18.3 Å². The lowest BCUT2D eigenvalue weighted by Gasteiger charge is -2.04. The molecule has 0 amide bonds. The SMILES string of the molecule is Cc1ccc2c(oc3c(C#N)cccc32)c1-c1cccc[n+]1C. The van der Waals surface area contributed by atoms with Gasteiger partial charge >= 0.3 is 0 Å². The highest BCUT2D eigenvalue weighted by atomic mass is 16.3. The van der Waals surface area contributed by atoms with Crippen LogP contribution in [0.2, 0.25) is 0 Å². The summed E-state index contributed by atoms with van der Waals surface area (Å²) in [4.78, 5) is 0. The van der Waals surface area contributed by atoms with Crippen molar-refractivity contribution in [2.75, 3.05) is 0 Å². The van der Waals surface area contributed by atoms with Crippen LogP contribution in [0.5, 0.6) is 0 Å². The number of aryl methyl sites for hydroxylation is 2. The molecule has 0 radical (unpaired) electrons. The van der Waals surface area contributed by atoms with Crippen LogP contribution in [-0.4, -0.2) is 0 Å². The van der Waals surface area contributed by atoms with Crippen molar-refractivity contribution in [3.8, 4) is 17.3 Å². The van der Waals surface area contributed by atoms with Crippen molar-refractivity contribution in [3.05, 3.63) is 65.9 Å². The third-order valence-corrected chi connectivity index (χ3v) is 4.31. The Hall–Kier alpha value is -3.12. The van der Waals surface area contributed by atoms with Gasteiger partial charge in [0, 0.05) is 22.9 Å². The van der Waals surface area contributed by atoms with Crippen LogP contribution in [0.25, 0.3) is 33.2 Å². The molecule has 4 aromatic rings. The molecule has 2 heterocycles. The zero-order valence-electron chi connectivity index (χ0n) is 13.0.